The SMILES string of the molecule is CCNC1CCC(C(C)C)CC1S(=O)(=O)CCC(=O)OC. The molecule has 1 N–H and O–H groups in total. The molecule has 6 heteroatoms. The Labute approximate surface area is 128 Å². The van der Waals surface area contributed by atoms with Crippen molar-refractivity contribution < 1.29 is 17.9 Å². The molecule has 0 aromatic carbocycles. The normalized spacial score (nSPS) is 26.8. The molecule has 5 nitrogen and oxygen atoms in total. The fourth-order valence-electron chi connectivity index (χ4n) is 3.14. The van der Waals surface area contributed by atoms with Gasteiger partial charge in [0.05, 0.1) is 24.5 Å². The molecule has 0 spiro atoms. The standard InChI is InChI=1S/C15H29NO4S/c1-5-16-13-7-6-12(11(2)3)10-14(13)21(18,19)9-8-15(17)20-4/h11-14,16H,5-10H2,1-4H3. The largest absolute Gasteiger partial charge is 0.469 e. The van der Waals surface area contributed by atoms with Gasteiger partial charge in [-0.1, -0.05) is 20.8 Å². The summed E-state index contributed by atoms with van der Waals surface area (Å²) in [6.07, 6.45) is 2.59. The zero-order valence-corrected chi connectivity index (χ0v) is 14.4. The lowest BCUT2D eigenvalue weighted by Gasteiger charge is -2.37. The highest BCUT2D eigenvalue weighted by atomic mass is 32.2. The lowest BCUT2D eigenvalue weighted by molar-refractivity contribution is -0.140. The second-order valence-corrected chi connectivity index (χ2v) is 8.55. The molecule has 3 atom stereocenters. The highest BCUT2D eigenvalue weighted by molar-refractivity contribution is 7.92. The first-order valence-electron chi connectivity index (χ1n) is 7.83. The molecule has 0 aromatic rings. The Kier molecular flexibility index (Phi) is 7.13. The molecule has 124 valence electrons. The number of esters is 1. The molecule has 3 unspecified atom stereocenters. The molecule has 0 heterocycles. The van der Waals surface area contributed by atoms with Crippen LogP contribution in [-0.2, 0) is 19.4 Å². The minimum absolute atomic E-state index is 0.00708. The maximum atomic E-state index is 12.6. The zero-order valence-electron chi connectivity index (χ0n) is 13.6. The van der Waals surface area contributed by atoms with Crippen molar-refractivity contribution in [2.45, 2.75) is 57.7 Å². The second-order valence-electron chi connectivity index (χ2n) is 6.21. The van der Waals surface area contributed by atoms with Gasteiger partial charge in [-0.25, -0.2) is 8.42 Å². The number of methoxy groups -OCH3 is 1. The average molecular weight is 319 g/mol. The maximum Gasteiger partial charge on any atom is 0.306 e. The number of ether oxygens (including phenoxy) is 1. The Balaban J connectivity index is 2.82. The predicted octanol–water partition coefficient (Wildman–Crippen LogP) is 1.77. The van der Waals surface area contributed by atoms with Crippen LogP contribution in [0.15, 0.2) is 0 Å². The van der Waals surface area contributed by atoms with Gasteiger partial charge in [-0.15, -0.1) is 0 Å². The lowest BCUT2D eigenvalue weighted by Crippen LogP contribution is -2.49. The van der Waals surface area contributed by atoms with Crippen LogP contribution in [0.1, 0.15) is 46.5 Å². The van der Waals surface area contributed by atoms with Crippen LogP contribution in [0.4, 0.5) is 0 Å². The van der Waals surface area contributed by atoms with E-state index in [4.69, 9.17) is 0 Å². The fraction of sp³-hybridized carbons (Fsp3) is 0.933. The van der Waals surface area contributed by atoms with Crippen LogP contribution >= 0.6 is 0 Å². The Bertz CT molecular complexity index is 433. The van der Waals surface area contributed by atoms with Gasteiger partial charge in [-0.05, 0) is 37.6 Å². The fourth-order valence-corrected chi connectivity index (χ4v) is 5.16. The van der Waals surface area contributed by atoms with Gasteiger partial charge in [0.25, 0.3) is 0 Å². The van der Waals surface area contributed by atoms with Gasteiger partial charge in [0.15, 0.2) is 9.84 Å². The van der Waals surface area contributed by atoms with Crippen molar-refractivity contribution in [3.05, 3.63) is 0 Å². The lowest BCUT2D eigenvalue weighted by atomic mass is 9.79. The topological polar surface area (TPSA) is 72.5 Å². The number of carbonyl (C=O) groups is 1. The minimum atomic E-state index is -3.29. The molecule has 1 aliphatic rings. The van der Waals surface area contributed by atoms with E-state index in [-0.39, 0.29) is 23.5 Å². The van der Waals surface area contributed by atoms with E-state index in [9.17, 15) is 13.2 Å². The van der Waals surface area contributed by atoms with E-state index < -0.39 is 15.8 Å². The Morgan fingerprint density at radius 1 is 1.33 bits per heavy atom. The summed E-state index contributed by atoms with van der Waals surface area (Å²) < 4.78 is 29.8. The van der Waals surface area contributed by atoms with Crippen LogP contribution in [0, 0.1) is 11.8 Å². The van der Waals surface area contributed by atoms with Gasteiger partial charge < -0.3 is 10.1 Å². The van der Waals surface area contributed by atoms with Crippen LogP contribution in [0.3, 0.4) is 0 Å². The second kappa shape index (κ2) is 8.13. The van der Waals surface area contributed by atoms with Crippen molar-refractivity contribution in [1.29, 1.82) is 0 Å². The summed E-state index contributed by atoms with van der Waals surface area (Å²) in [6.45, 7) is 7.05. The van der Waals surface area contributed by atoms with Crippen LogP contribution in [0.25, 0.3) is 0 Å². The van der Waals surface area contributed by atoms with E-state index in [0.29, 0.717) is 18.3 Å². The van der Waals surface area contributed by atoms with E-state index in [1.54, 1.807) is 0 Å². The molecular formula is C15H29NO4S. The van der Waals surface area contributed by atoms with Crippen molar-refractivity contribution in [3.63, 3.8) is 0 Å². The number of carbonyl (C=O) groups excluding carboxylic acids is 1. The number of nitrogens with one attached hydrogen (secondary N) is 1. The van der Waals surface area contributed by atoms with Gasteiger partial charge in [0.1, 0.15) is 0 Å². The van der Waals surface area contributed by atoms with Crippen molar-refractivity contribution in [3.8, 4) is 0 Å². The third kappa shape index (κ3) is 5.25. The molecule has 0 radical (unpaired) electrons. The highest BCUT2D eigenvalue weighted by Gasteiger charge is 2.39. The van der Waals surface area contributed by atoms with Crippen LogP contribution in [0.2, 0.25) is 0 Å². The molecule has 1 aliphatic carbocycles. The van der Waals surface area contributed by atoms with Gasteiger partial charge in [0, 0.05) is 6.04 Å². The number of hydrogen-bond donors (Lipinski definition) is 1. The van der Waals surface area contributed by atoms with E-state index in [1.165, 1.54) is 7.11 Å². The monoisotopic (exact) mass is 319 g/mol. The summed E-state index contributed by atoms with van der Waals surface area (Å²) in [5.41, 5.74) is 0. The van der Waals surface area contributed by atoms with Gasteiger partial charge >= 0.3 is 5.97 Å². The van der Waals surface area contributed by atoms with E-state index in [2.05, 4.69) is 23.9 Å². The van der Waals surface area contributed by atoms with Crippen molar-refractivity contribution in [2.75, 3.05) is 19.4 Å². The molecule has 1 rings (SSSR count). The summed E-state index contributed by atoms with van der Waals surface area (Å²) >= 11 is 0. The molecule has 0 amide bonds. The Morgan fingerprint density at radius 2 is 2.00 bits per heavy atom. The first-order chi connectivity index (χ1) is 9.81. The van der Waals surface area contributed by atoms with Gasteiger partial charge in [-0.2, -0.15) is 0 Å². The molecule has 0 saturated heterocycles. The molecule has 0 aliphatic heterocycles. The van der Waals surface area contributed by atoms with Crippen molar-refractivity contribution in [2.24, 2.45) is 11.8 Å². The Morgan fingerprint density at radius 3 is 2.52 bits per heavy atom. The average Bonchev–Trinajstić information content (AvgIpc) is 2.45. The summed E-state index contributed by atoms with van der Waals surface area (Å²) in [5, 5.41) is 2.92. The van der Waals surface area contributed by atoms with Crippen LogP contribution in [-0.4, -0.2) is 45.1 Å². The number of rotatable bonds is 7. The molecule has 1 fully saturated rings. The minimum Gasteiger partial charge on any atom is -0.469 e. The third-order valence-corrected chi connectivity index (χ3v) is 6.74. The smallest absolute Gasteiger partial charge is 0.306 e. The van der Waals surface area contributed by atoms with E-state index in [1.807, 2.05) is 6.92 Å². The number of hydrogen-bond acceptors (Lipinski definition) is 5. The van der Waals surface area contributed by atoms with Crippen LogP contribution < -0.4 is 5.32 Å². The Hall–Kier alpha value is -0.620. The van der Waals surface area contributed by atoms with Crippen molar-refractivity contribution >= 4 is 15.8 Å². The maximum absolute atomic E-state index is 12.6. The van der Waals surface area contributed by atoms with Gasteiger partial charge in [0.2, 0.25) is 0 Å². The summed E-state index contributed by atoms with van der Waals surface area (Å²) in [7, 11) is -2.01. The summed E-state index contributed by atoms with van der Waals surface area (Å²) in [6, 6.07) is 0.00708. The molecule has 1 saturated carbocycles. The molecular weight excluding hydrogens is 290 g/mol. The quantitative estimate of drug-likeness (QED) is 0.724. The first-order valence-corrected chi connectivity index (χ1v) is 9.55. The number of sulfone groups is 1. The van der Waals surface area contributed by atoms with Crippen molar-refractivity contribution in [1.82, 2.24) is 5.32 Å². The van der Waals surface area contributed by atoms with Crippen LogP contribution in [0.5, 0.6) is 0 Å². The first kappa shape index (κ1) is 18.4. The van der Waals surface area contributed by atoms with E-state index >= 15 is 0 Å². The van der Waals surface area contributed by atoms with Gasteiger partial charge in [-0.3, -0.25) is 4.79 Å². The summed E-state index contributed by atoms with van der Waals surface area (Å²) in [4.78, 5) is 11.2. The molecule has 0 aromatic heterocycles. The zero-order chi connectivity index (χ0) is 16.0. The summed E-state index contributed by atoms with van der Waals surface area (Å²) in [5.74, 6) is 0.357. The van der Waals surface area contributed by atoms with E-state index in [0.717, 1.165) is 19.4 Å². The highest BCUT2D eigenvalue weighted by Crippen LogP contribution is 2.34. The molecule has 21 heavy (non-hydrogen) atoms. The molecule has 0 bridgehead atoms. The predicted molar refractivity (Wildman–Crippen MR) is 83.9 cm³/mol. The third-order valence-electron chi connectivity index (χ3n) is 4.52.